The van der Waals surface area contributed by atoms with Crippen molar-refractivity contribution in [1.82, 2.24) is 9.97 Å². The van der Waals surface area contributed by atoms with Gasteiger partial charge in [-0.05, 0) is 48.5 Å². The van der Waals surface area contributed by atoms with Gasteiger partial charge < -0.3 is 16.7 Å². The first-order valence-corrected chi connectivity index (χ1v) is 10.9. The molecule has 0 amide bonds. The van der Waals surface area contributed by atoms with E-state index in [1.54, 1.807) is 24.3 Å². The molecule has 10 heteroatoms. The molecule has 156 valence electrons. The van der Waals surface area contributed by atoms with E-state index in [2.05, 4.69) is 14.8 Å². The first kappa shape index (κ1) is 28.5. The predicted molar refractivity (Wildman–Crippen MR) is 120 cm³/mol. The predicted octanol–water partition coefficient (Wildman–Crippen LogP) is 4.16. The second kappa shape index (κ2) is 15.3. The monoisotopic (exact) mass is 510 g/mol. The molecule has 0 aliphatic carbocycles. The fourth-order valence-corrected chi connectivity index (χ4v) is 4.15. The van der Waals surface area contributed by atoms with Crippen molar-refractivity contribution in [2.45, 2.75) is 12.4 Å². The summed E-state index contributed by atoms with van der Waals surface area (Å²) in [6.07, 6.45) is 0. The van der Waals surface area contributed by atoms with Gasteiger partial charge in [0.1, 0.15) is 27.3 Å². The zero-order valence-corrected chi connectivity index (χ0v) is 22.4. The van der Waals surface area contributed by atoms with Crippen LogP contribution in [0, 0.1) is 30.0 Å². The van der Waals surface area contributed by atoms with Crippen LogP contribution in [0.2, 0.25) is 0 Å². The Labute approximate surface area is 240 Å². The SMILES string of the molecule is Fc1ccc(-c2nc(CCl)cs2)cc1.[C-]#N.[C-]#[N+]Cc1csc(-c2ccc(F)cc2)n1.[K+]. The average Bonchev–Trinajstić information content (AvgIpc) is 3.47. The summed E-state index contributed by atoms with van der Waals surface area (Å²) in [6.45, 7) is 11.8. The zero-order chi connectivity index (χ0) is 22.6. The first-order valence-electron chi connectivity index (χ1n) is 8.61. The molecule has 0 aliphatic rings. The zero-order valence-electron chi connectivity index (χ0n) is 16.9. The van der Waals surface area contributed by atoms with Crippen LogP contribution in [0.4, 0.5) is 8.78 Å². The third-order valence-electron chi connectivity index (χ3n) is 3.66. The van der Waals surface area contributed by atoms with Gasteiger partial charge in [-0.15, -0.1) is 34.3 Å². The fraction of sp³-hybridized carbons (Fsp3) is 0.0909. The molecule has 2 aromatic heterocycles. The van der Waals surface area contributed by atoms with Crippen molar-refractivity contribution in [2.24, 2.45) is 0 Å². The van der Waals surface area contributed by atoms with Gasteiger partial charge in [0, 0.05) is 21.9 Å². The summed E-state index contributed by atoms with van der Waals surface area (Å²) >= 11 is 8.62. The van der Waals surface area contributed by atoms with Crippen LogP contribution >= 0.6 is 34.3 Å². The van der Waals surface area contributed by atoms with E-state index >= 15 is 0 Å². The molecule has 32 heavy (non-hydrogen) atoms. The third-order valence-corrected chi connectivity index (χ3v) is 5.82. The van der Waals surface area contributed by atoms with Gasteiger partial charge >= 0.3 is 51.4 Å². The van der Waals surface area contributed by atoms with Crippen molar-refractivity contribution < 1.29 is 60.2 Å². The Morgan fingerprint density at radius 2 is 1.22 bits per heavy atom. The molecule has 0 aliphatic heterocycles. The van der Waals surface area contributed by atoms with Gasteiger partial charge in [-0.25, -0.2) is 25.3 Å². The maximum atomic E-state index is 12.7. The van der Waals surface area contributed by atoms with E-state index in [-0.39, 0.29) is 63.0 Å². The summed E-state index contributed by atoms with van der Waals surface area (Å²) < 4.78 is 25.3. The Balaban J connectivity index is 0.000000289. The summed E-state index contributed by atoms with van der Waals surface area (Å²) in [6, 6.07) is 12.5. The Kier molecular flexibility index (Phi) is 13.7. The number of nitrogens with zero attached hydrogens (tertiary/aromatic N) is 4. The van der Waals surface area contributed by atoms with Gasteiger partial charge in [0.25, 0.3) is 6.54 Å². The number of alkyl halides is 1. The Bertz CT molecular complexity index is 1150. The Morgan fingerprint density at radius 1 is 0.812 bits per heavy atom. The van der Waals surface area contributed by atoms with Crippen LogP contribution in [-0.2, 0) is 12.4 Å². The Hall–Kier alpha value is -1.53. The van der Waals surface area contributed by atoms with Crippen molar-refractivity contribution in [3.63, 3.8) is 0 Å². The van der Waals surface area contributed by atoms with Gasteiger partial charge in [0.15, 0.2) is 0 Å². The summed E-state index contributed by atoms with van der Waals surface area (Å²) in [7, 11) is 0. The summed E-state index contributed by atoms with van der Waals surface area (Å²) in [5, 5.41) is 11.7. The summed E-state index contributed by atoms with van der Waals surface area (Å²) in [4.78, 5) is 11.8. The largest absolute Gasteiger partial charge is 1.00 e. The summed E-state index contributed by atoms with van der Waals surface area (Å²) in [5.41, 5.74) is 3.44. The molecular weight excluding hydrogens is 497 g/mol. The second-order valence-electron chi connectivity index (χ2n) is 5.75. The van der Waals surface area contributed by atoms with Gasteiger partial charge in [0.05, 0.1) is 11.6 Å². The molecule has 4 rings (SSSR count). The molecule has 2 heterocycles. The van der Waals surface area contributed by atoms with Gasteiger partial charge in [-0.3, -0.25) is 0 Å². The maximum Gasteiger partial charge on any atom is 1.00 e. The van der Waals surface area contributed by atoms with Crippen LogP contribution in [0.3, 0.4) is 0 Å². The van der Waals surface area contributed by atoms with Crippen LogP contribution in [0.15, 0.2) is 59.3 Å². The minimum absolute atomic E-state index is 0. The van der Waals surface area contributed by atoms with Crippen molar-refractivity contribution in [1.29, 1.82) is 5.26 Å². The first-order chi connectivity index (χ1) is 15.1. The van der Waals surface area contributed by atoms with Gasteiger partial charge in [-0.2, -0.15) is 0 Å². The molecule has 0 N–H and O–H groups in total. The van der Waals surface area contributed by atoms with Crippen LogP contribution in [0.25, 0.3) is 26.0 Å². The molecule has 2 aromatic carbocycles. The number of hydrogen-bond donors (Lipinski definition) is 0. The minimum Gasteiger partial charge on any atom is -0.512 e. The normalized spacial score (nSPS) is 9.25. The maximum absolute atomic E-state index is 12.7. The van der Waals surface area contributed by atoms with E-state index in [0.717, 1.165) is 32.5 Å². The van der Waals surface area contributed by atoms with E-state index in [1.807, 2.05) is 10.8 Å². The molecule has 4 nitrogen and oxygen atoms in total. The standard InChI is InChI=1S/C11H7FN2S.C10H7ClFNS.CN.K/c1-13-6-10-7-15-11(14-10)8-2-4-9(12)5-3-8;11-5-9-6-14-10(13-9)7-1-3-8(12)4-2-7;1-2;/h2-5,7H,6H2;1-4,6H,5H2;;/q;;-1;+1. The molecule has 4 aromatic rings. The third kappa shape index (κ3) is 8.78. The van der Waals surface area contributed by atoms with E-state index in [9.17, 15) is 8.78 Å². The van der Waals surface area contributed by atoms with Crippen LogP contribution < -0.4 is 51.4 Å². The number of rotatable bonds is 4. The molecule has 0 fully saturated rings. The van der Waals surface area contributed by atoms with E-state index < -0.39 is 0 Å². The molecule has 0 bridgehead atoms. The molecular formula is C22H14ClF2KN4S2. The molecule has 0 radical (unpaired) electrons. The van der Waals surface area contributed by atoms with Crippen molar-refractivity contribution >= 4 is 34.3 Å². The Morgan fingerprint density at radius 3 is 1.59 bits per heavy atom. The quantitative estimate of drug-likeness (QED) is 0.235. The smallest absolute Gasteiger partial charge is 0.512 e. The number of halogens is 3. The van der Waals surface area contributed by atoms with E-state index in [0.29, 0.717) is 12.4 Å². The number of aromatic nitrogens is 2. The van der Waals surface area contributed by atoms with Crippen molar-refractivity contribution in [3.8, 4) is 21.1 Å². The molecule has 0 saturated carbocycles. The van der Waals surface area contributed by atoms with E-state index in [1.165, 1.54) is 46.9 Å². The second-order valence-corrected chi connectivity index (χ2v) is 7.74. The minimum atomic E-state index is -0.253. The number of benzene rings is 2. The topological polar surface area (TPSA) is 53.9 Å². The van der Waals surface area contributed by atoms with Crippen LogP contribution in [0.5, 0.6) is 0 Å². The van der Waals surface area contributed by atoms with Crippen LogP contribution in [-0.4, -0.2) is 9.97 Å². The van der Waals surface area contributed by atoms with E-state index in [4.69, 9.17) is 30.0 Å². The number of thiazole rings is 2. The molecule has 0 saturated heterocycles. The summed E-state index contributed by atoms with van der Waals surface area (Å²) in [5.74, 6) is -0.0721. The van der Waals surface area contributed by atoms with Crippen molar-refractivity contribution in [3.05, 3.63) is 100 Å². The van der Waals surface area contributed by atoms with Gasteiger partial charge in [0.2, 0.25) is 0 Å². The molecule has 0 atom stereocenters. The number of hydrogen-bond acceptors (Lipinski definition) is 5. The molecule has 0 spiro atoms. The van der Waals surface area contributed by atoms with Gasteiger partial charge in [-0.1, -0.05) is 0 Å². The van der Waals surface area contributed by atoms with Crippen LogP contribution in [0.1, 0.15) is 11.4 Å². The fourth-order valence-electron chi connectivity index (χ4n) is 2.28. The van der Waals surface area contributed by atoms with Crippen molar-refractivity contribution in [2.75, 3.05) is 0 Å². The average molecular weight is 511 g/mol. The molecule has 0 unspecified atom stereocenters.